The molecule has 0 unspecified atom stereocenters. The largest absolute Gasteiger partial charge is 0.462 e. The van der Waals surface area contributed by atoms with E-state index in [-0.39, 0.29) is 37.1 Å². The van der Waals surface area contributed by atoms with Gasteiger partial charge < -0.3 is 24.8 Å². The Balaban J connectivity index is 2.10. The molecule has 8 nitrogen and oxygen atoms in total. The third kappa shape index (κ3) is 24.2. The summed E-state index contributed by atoms with van der Waals surface area (Å²) in [4.78, 5) is 36.8. The second-order valence-electron chi connectivity index (χ2n) is 15.0. The highest BCUT2D eigenvalue weighted by Crippen LogP contribution is 2.33. The van der Waals surface area contributed by atoms with Crippen molar-refractivity contribution >= 4 is 17.7 Å². The summed E-state index contributed by atoms with van der Waals surface area (Å²) in [6.45, 7) is 6.15. The van der Waals surface area contributed by atoms with E-state index in [1.54, 1.807) is 12.2 Å². The zero-order chi connectivity index (χ0) is 36.8. The van der Waals surface area contributed by atoms with Gasteiger partial charge in [-0.15, -0.1) is 0 Å². The monoisotopic (exact) mass is 707 g/mol. The van der Waals surface area contributed by atoms with Crippen molar-refractivity contribution in [2.24, 2.45) is 17.8 Å². The zero-order valence-electron chi connectivity index (χ0n) is 32.0. The van der Waals surface area contributed by atoms with Gasteiger partial charge in [0.1, 0.15) is 12.4 Å². The van der Waals surface area contributed by atoms with Crippen molar-refractivity contribution in [2.75, 3.05) is 13.2 Å². The summed E-state index contributed by atoms with van der Waals surface area (Å²) in [6, 6.07) is 0. The fourth-order valence-electron chi connectivity index (χ4n) is 6.60. The third-order valence-corrected chi connectivity index (χ3v) is 9.80. The van der Waals surface area contributed by atoms with Crippen LogP contribution in [0.5, 0.6) is 0 Å². The molecule has 50 heavy (non-hydrogen) atoms. The maximum absolute atomic E-state index is 12.4. The number of aliphatic hydroxyl groups excluding tert-OH is 3. The quantitative estimate of drug-likeness (QED) is 0.0359. The number of esters is 2. The van der Waals surface area contributed by atoms with Crippen LogP contribution in [0.4, 0.5) is 0 Å². The number of hydrogen-bond acceptors (Lipinski definition) is 8. The molecule has 0 spiro atoms. The summed E-state index contributed by atoms with van der Waals surface area (Å²) >= 11 is 0. The van der Waals surface area contributed by atoms with Crippen LogP contribution in [-0.2, 0) is 23.9 Å². The Morgan fingerprint density at radius 2 is 1.38 bits per heavy atom. The Bertz CT molecular complexity index is 929. The van der Waals surface area contributed by atoms with Gasteiger partial charge in [-0.25, -0.2) is 0 Å². The molecule has 1 rings (SSSR count). The lowest BCUT2D eigenvalue weighted by atomic mass is 9.90. The average molecular weight is 707 g/mol. The summed E-state index contributed by atoms with van der Waals surface area (Å²) in [5.41, 5.74) is 0. The Morgan fingerprint density at radius 3 is 1.98 bits per heavy atom. The number of hydrogen-bond donors (Lipinski definition) is 3. The molecular formula is C42H74O8. The molecule has 0 bridgehead atoms. The van der Waals surface area contributed by atoms with Crippen molar-refractivity contribution in [2.45, 2.75) is 193 Å². The van der Waals surface area contributed by atoms with Crippen LogP contribution in [-0.4, -0.2) is 64.6 Å². The fraction of sp³-hybridized carbons (Fsp3) is 0.833. The number of rotatable bonds is 32. The minimum absolute atomic E-state index is 0.00220. The topological polar surface area (TPSA) is 130 Å². The van der Waals surface area contributed by atoms with Crippen LogP contribution in [0.15, 0.2) is 24.3 Å². The highest BCUT2D eigenvalue weighted by Gasteiger charge is 2.39. The predicted octanol–water partition coefficient (Wildman–Crippen LogP) is 9.12. The molecule has 0 aromatic carbocycles. The van der Waals surface area contributed by atoms with Crippen LogP contribution in [0.2, 0.25) is 0 Å². The highest BCUT2D eigenvalue weighted by molar-refractivity contribution is 5.86. The molecule has 0 aliphatic heterocycles. The van der Waals surface area contributed by atoms with Gasteiger partial charge in [0.2, 0.25) is 0 Å². The number of allylic oxidation sites excluding steroid dienone is 3. The maximum atomic E-state index is 12.4. The number of carbonyl (C=O) groups is 3. The van der Waals surface area contributed by atoms with Crippen molar-refractivity contribution in [3.05, 3.63) is 24.3 Å². The fourth-order valence-corrected chi connectivity index (χ4v) is 6.60. The normalized spacial score (nSPS) is 19.2. The van der Waals surface area contributed by atoms with Crippen LogP contribution in [0.1, 0.15) is 175 Å². The first-order chi connectivity index (χ1) is 24.2. The molecular weight excluding hydrogens is 632 g/mol. The first-order valence-corrected chi connectivity index (χ1v) is 20.4. The smallest absolute Gasteiger partial charge is 0.306 e. The van der Waals surface area contributed by atoms with Crippen LogP contribution in [0.25, 0.3) is 0 Å². The Kier molecular flexibility index (Phi) is 28.1. The number of aliphatic hydroxyl groups is 3. The van der Waals surface area contributed by atoms with E-state index in [1.165, 1.54) is 70.6 Å². The van der Waals surface area contributed by atoms with Crippen molar-refractivity contribution < 1.29 is 39.2 Å². The van der Waals surface area contributed by atoms with Gasteiger partial charge in [0.15, 0.2) is 6.10 Å². The second-order valence-corrected chi connectivity index (χ2v) is 15.0. The Hall–Kier alpha value is -2.03. The lowest BCUT2D eigenvalue weighted by molar-refractivity contribution is -0.161. The molecule has 5 atom stereocenters. The SMILES string of the molecule is CCCCC[C@H](O)/C=C/[C@H]1C(=O)C[C@H](O)[C@@H]1C/C=C\CCCC(=O)OC[C@H](CO)OC(=O)CCCCCCCCCCCCCCCC(C)C. The molecule has 1 aliphatic rings. The van der Waals surface area contributed by atoms with Gasteiger partial charge >= 0.3 is 11.9 Å². The lowest BCUT2D eigenvalue weighted by Gasteiger charge is -2.17. The number of ketones is 1. The molecule has 1 saturated carbocycles. The third-order valence-electron chi connectivity index (χ3n) is 9.80. The van der Waals surface area contributed by atoms with Gasteiger partial charge in [-0.05, 0) is 38.0 Å². The number of unbranched alkanes of at least 4 members (excludes halogenated alkanes) is 15. The average Bonchev–Trinajstić information content (AvgIpc) is 3.35. The minimum atomic E-state index is -0.855. The molecule has 8 heteroatoms. The standard InChI is InChI=1S/C42H74O8/c1-4-5-19-25-35(44)29-30-38-37(39(45)31-40(38)46)26-21-17-18-22-27-41(47)49-33-36(32-43)50-42(48)28-23-16-14-12-10-8-6-7-9-11-13-15-20-24-34(2)3/h17,21,29-30,34-39,43-45H,4-16,18-20,22-28,31-33H2,1-3H3/b21-17-,30-29+/t35-,36-,37+,38+,39-/m0/s1. The molecule has 1 fully saturated rings. The first kappa shape index (κ1) is 46.0. The minimum Gasteiger partial charge on any atom is -0.462 e. The Morgan fingerprint density at radius 1 is 0.800 bits per heavy atom. The number of ether oxygens (including phenoxy) is 2. The molecule has 0 saturated heterocycles. The van der Waals surface area contributed by atoms with Crippen LogP contribution >= 0.6 is 0 Å². The van der Waals surface area contributed by atoms with Crippen molar-refractivity contribution in [1.29, 1.82) is 0 Å². The van der Waals surface area contributed by atoms with Crippen molar-refractivity contribution in [1.82, 2.24) is 0 Å². The highest BCUT2D eigenvalue weighted by atomic mass is 16.6. The summed E-state index contributed by atoms with van der Waals surface area (Å²) < 4.78 is 10.6. The predicted molar refractivity (Wildman–Crippen MR) is 202 cm³/mol. The number of Topliss-reactive ketones (excluding diaryl/α,β-unsaturated/α-hetero) is 1. The zero-order valence-corrected chi connectivity index (χ0v) is 32.0. The van der Waals surface area contributed by atoms with Gasteiger partial charge in [-0.1, -0.05) is 148 Å². The summed E-state index contributed by atoms with van der Waals surface area (Å²) in [6.07, 6.45) is 28.9. The molecule has 0 heterocycles. The molecule has 0 aromatic heterocycles. The molecule has 0 radical (unpaired) electrons. The van der Waals surface area contributed by atoms with Gasteiger partial charge in [-0.2, -0.15) is 0 Å². The molecule has 0 amide bonds. The van der Waals surface area contributed by atoms with E-state index in [0.717, 1.165) is 44.4 Å². The van der Waals surface area contributed by atoms with E-state index in [2.05, 4.69) is 20.8 Å². The molecule has 1 aliphatic carbocycles. The van der Waals surface area contributed by atoms with Gasteiger partial charge in [0.25, 0.3) is 0 Å². The van der Waals surface area contributed by atoms with Gasteiger partial charge in [0, 0.05) is 31.1 Å². The maximum Gasteiger partial charge on any atom is 0.306 e. The van der Waals surface area contributed by atoms with Crippen molar-refractivity contribution in [3.63, 3.8) is 0 Å². The van der Waals surface area contributed by atoms with E-state index in [1.807, 2.05) is 12.2 Å². The van der Waals surface area contributed by atoms with E-state index < -0.39 is 36.8 Å². The first-order valence-electron chi connectivity index (χ1n) is 20.4. The van der Waals surface area contributed by atoms with E-state index in [0.29, 0.717) is 32.1 Å². The summed E-state index contributed by atoms with van der Waals surface area (Å²) in [5, 5.41) is 30.2. The lowest BCUT2D eigenvalue weighted by Crippen LogP contribution is -2.28. The number of carbonyl (C=O) groups excluding carboxylic acids is 3. The van der Waals surface area contributed by atoms with E-state index in [9.17, 15) is 29.7 Å². The van der Waals surface area contributed by atoms with E-state index >= 15 is 0 Å². The molecule has 290 valence electrons. The summed E-state index contributed by atoms with van der Waals surface area (Å²) in [5.74, 6) is -0.566. The van der Waals surface area contributed by atoms with Gasteiger partial charge in [0.05, 0.1) is 18.8 Å². The van der Waals surface area contributed by atoms with Crippen LogP contribution in [0.3, 0.4) is 0 Å². The summed E-state index contributed by atoms with van der Waals surface area (Å²) in [7, 11) is 0. The second kappa shape index (κ2) is 30.6. The van der Waals surface area contributed by atoms with Crippen molar-refractivity contribution in [3.8, 4) is 0 Å². The van der Waals surface area contributed by atoms with Crippen LogP contribution < -0.4 is 0 Å². The molecule has 0 aromatic rings. The Labute approximate surface area is 304 Å². The van der Waals surface area contributed by atoms with Crippen LogP contribution in [0, 0.1) is 17.8 Å². The molecule has 3 N–H and O–H groups in total. The van der Waals surface area contributed by atoms with E-state index in [4.69, 9.17) is 9.47 Å². The van der Waals surface area contributed by atoms with Gasteiger partial charge in [-0.3, -0.25) is 14.4 Å².